The summed E-state index contributed by atoms with van der Waals surface area (Å²) < 4.78 is 7.16. The van der Waals surface area contributed by atoms with E-state index < -0.39 is 8.32 Å². The van der Waals surface area contributed by atoms with Gasteiger partial charge in [-0.15, -0.1) is 0 Å². The van der Waals surface area contributed by atoms with Crippen molar-refractivity contribution in [1.29, 1.82) is 0 Å². The summed E-state index contributed by atoms with van der Waals surface area (Å²) >= 11 is 0. The van der Waals surface area contributed by atoms with Gasteiger partial charge in [0, 0.05) is 12.2 Å². The zero-order chi connectivity index (χ0) is 16.1. The van der Waals surface area contributed by atoms with Gasteiger partial charge in [-0.05, 0) is 18.1 Å². The normalized spacial score (nSPS) is 15.0. The third-order valence-corrected chi connectivity index (χ3v) is 8.62. The molecule has 1 rings (SSSR count). The lowest BCUT2D eigenvalue weighted by Crippen LogP contribution is -2.42. The molecular formula is C17H29NO2Si. The van der Waals surface area contributed by atoms with Crippen LogP contribution in [0.4, 0.5) is 0 Å². The fourth-order valence-corrected chi connectivity index (χ4v) is 2.81. The molecule has 0 radical (unpaired) electrons. The molecule has 0 spiro atoms. The molecule has 0 aromatic heterocycles. The molecular weight excluding hydrogens is 278 g/mol. The van der Waals surface area contributed by atoms with Crippen LogP contribution < -0.4 is 0 Å². The van der Waals surface area contributed by atoms with Crippen molar-refractivity contribution in [1.82, 2.24) is 0 Å². The first-order valence-corrected chi connectivity index (χ1v) is 10.5. The van der Waals surface area contributed by atoms with E-state index in [0.717, 1.165) is 10.3 Å². The summed E-state index contributed by atoms with van der Waals surface area (Å²) in [6.07, 6.45) is 1.72. The highest BCUT2D eigenvalue weighted by Gasteiger charge is 2.37. The van der Waals surface area contributed by atoms with Crippen LogP contribution in [0.25, 0.3) is 0 Å². The Hall–Kier alpha value is -1.13. The van der Waals surface area contributed by atoms with Crippen LogP contribution in [0.2, 0.25) is 18.1 Å². The zero-order valence-corrected chi connectivity index (χ0v) is 15.2. The predicted molar refractivity (Wildman–Crippen MR) is 92.2 cm³/mol. The molecule has 4 heteroatoms. The van der Waals surface area contributed by atoms with Crippen LogP contribution in [0.3, 0.4) is 0 Å². The second kappa shape index (κ2) is 7.23. The number of hydrogen-bond donors (Lipinski definition) is 0. The quantitative estimate of drug-likeness (QED) is 0.256. The van der Waals surface area contributed by atoms with E-state index in [-0.39, 0.29) is 11.0 Å². The van der Waals surface area contributed by atoms with Crippen LogP contribution in [0.5, 0.6) is 0 Å². The average Bonchev–Trinajstić information content (AvgIpc) is 2.36. The molecule has 0 amide bonds. The highest BCUT2D eigenvalue weighted by atomic mass is 28.4. The van der Waals surface area contributed by atoms with Gasteiger partial charge in [0.05, 0.1) is 5.92 Å². The molecule has 0 aliphatic rings. The molecule has 1 aromatic rings. The van der Waals surface area contributed by atoms with Crippen molar-refractivity contribution >= 4 is 14.5 Å². The Balaban J connectivity index is 2.53. The Morgan fingerprint density at radius 2 is 1.81 bits per heavy atom. The highest BCUT2D eigenvalue weighted by molar-refractivity contribution is 6.74. The molecule has 0 aliphatic heterocycles. The van der Waals surface area contributed by atoms with Crippen LogP contribution in [0.15, 0.2) is 30.3 Å². The first-order chi connectivity index (χ1) is 9.62. The largest absolute Gasteiger partial charge is 0.624 e. The molecule has 1 atom stereocenters. The van der Waals surface area contributed by atoms with Crippen LogP contribution in [-0.2, 0) is 11.0 Å². The lowest BCUT2D eigenvalue weighted by atomic mass is 10.2. The lowest BCUT2D eigenvalue weighted by molar-refractivity contribution is -0.472. The number of hydrogen-bond acceptors (Lipinski definition) is 2. The lowest BCUT2D eigenvalue weighted by Gasteiger charge is -2.36. The Bertz CT molecular complexity index is 463. The smallest absolute Gasteiger partial charge is 0.192 e. The molecule has 118 valence electrons. The number of rotatable bonds is 6. The van der Waals surface area contributed by atoms with E-state index in [4.69, 9.17) is 4.43 Å². The van der Waals surface area contributed by atoms with Crippen molar-refractivity contribution in [3.8, 4) is 0 Å². The average molecular weight is 308 g/mol. The summed E-state index contributed by atoms with van der Waals surface area (Å²) in [6, 6.07) is 9.80. The van der Waals surface area contributed by atoms with Gasteiger partial charge < -0.3 is 9.63 Å². The van der Waals surface area contributed by atoms with E-state index in [2.05, 4.69) is 33.9 Å². The molecule has 1 aromatic carbocycles. The fourth-order valence-electron chi connectivity index (χ4n) is 1.70. The summed E-state index contributed by atoms with van der Waals surface area (Å²) in [5.74, 6) is 0.125. The van der Waals surface area contributed by atoms with Crippen molar-refractivity contribution in [2.45, 2.75) is 52.4 Å². The first kappa shape index (κ1) is 17.9. The second-order valence-corrected chi connectivity index (χ2v) is 12.1. The van der Waals surface area contributed by atoms with Crippen LogP contribution in [-0.4, -0.2) is 25.9 Å². The van der Waals surface area contributed by atoms with Crippen molar-refractivity contribution < 1.29 is 9.16 Å². The second-order valence-electron chi connectivity index (χ2n) is 7.26. The Morgan fingerprint density at radius 3 is 2.33 bits per heavy atom. The maximum atomic E-state index is 12.0. The predicted octanol–water partition coefficient (Wildman–Crippen LogP) is 4.43. The Labute approximate surface area is 130 Å². The van der Waals surface area contributed by atoms with Crippen molar-refractivity contribution in [2.24, 2.45) is 5.92 Å². The standard InChI is InChI=1S/C17H29NO2Si/c1-15(14-20-21(5,6)17(2,3)4)12-18(19)13-16-10-8-7-9-11-16/h7-12,15H,13-14H2,1-6H3/t15-/m1/s1. The van der Waals surface area contributed by atoms with Gasteiger partial charge in [0.25, 0.3) is 0 Å². The summed E-state index contributed by atoms with van der Waals surface area (Å²) in [5.41, 5.74) is 1.03. The maximum absolute atomic E-state index is 12.0. The van der Waals surface area contributed by atoms with Gasteiger partial charge in [-0.3, -0.25) is 0 Å². The fraction of sp³-hybridized carbons (Fsp3) is 0.588. The summed E-state index contributed by atoms with van der Waals surface area (Å²) in [6.45, 7) is 14.2. The molecule has 0 saturated carbocycles. The molecule has 0 fully saturated rings. The van der Waals surface area contributed by atoms with E-state index in [1.165, 1.54) is 0 Å². The molecule has 0 heterocycles. The van der Waals surface area contributed by atoms with Gasteiger partial charge in [0.1, 0.15) is 0 Å². The highest BCUT2D eigenvalue weighted by Crippen LogP contribution is 2.36. The third-order valence-electron chi connectivity index (χ3n) is 4.12. The Kier molecular flexibility index (Phi) is 6.17. The van der Waals surface area contributed by atoms with Crippen molar-refractivity contribution in [3.63, 3.8) is 0 Å². The van der Waals surface area contributed by atoms with E-state index in [0.29, 0.717) is 13.2 Å². The van der Waals surface area contributed by atoms with E-state index in [9.17, 15) is 5.21 Å². The Morgan fingerprint density at radius 1 is 1.24 bits per heavy atom. The van der Waals surface area contributed by atoms with Gasteiger partial charge in [0.2, 0.25) is 0 Å². The monoisotopic (exact) mass is 307 g/mol. The molecule has 0 bridgehead atoms. The van der Waals surface area contributed by atoms with Crippen LogP contribution in [0.1, 0.15) is 33.3 Å². The minimum atomic E-state index is -1.73. The molecule has 0 aliphatic carbocycles. The van der Waals surface area contributed by atoms with Gasteiger partial charge in [0.15, 0.2) is 21.1 Å². The summed E-state index contributed by atoms with van der Waals surface area (Å²) in [4.78, 5) is 0. The minimum absolute atomic E-state index is 0.125. The van der Waals surface area contributed by atoms with E-state index in [1.807, 2.05) is 37.3 Å². The molecule has 21 heavy (non-hydrogen) atoms. The van der Waals surface area contributed by atoms with E-state index in [1.54, 1.807) is 6.21 Å². The van der Waals surface area contributed by atoms with Crippen molar-refractivity contribution in [2.75, 3.05) is 6.61 Å². The third kappa shape index (κ3) is 6.02. The molecule has 0 saturated heterocycles. The minimum Gasteiger partial charge on any atom is -0.624 e. The molecule has 0 N–H and O–H groups in total. The van der Waals surface area contributed by atoms with Gasteiger partial charge in [-0.25, -0.2) is 4.74 Å². The molecule has 0 unspecified atom stereocenters. The van der Waals surface area contributed by atoms with Gasteiger partial charge in [-0.1, -0.05) is 58.0 Å². The number of nitrogens with zero attached hydrogens (tertiary/aromatic N) is 1. The van der Waals surface area contributed by atoms with Crippen molar-refractivity contribution in [3.05, 3.63) is 41.1 Å². The summed E-state index contributed by atoms with van der Waals surface area (Å²) in [5, 5.41) is 12.2. The summed E-state index contributed by atoms with van der Waals surface area (Å²) in [7, 11) is -1.73. The first-order valence-electron chi connectivity index (χ1n) is 7.58. The maximum Gasteiger partial charge on any atom is 0.192 e. The molecule has 3 nitrogen and oxygen atoms in total. The SMILES string of the molecule is C[C@H](C=[N+]([O-])Cc1ccccc1)CO[Si](C)(C)C(C)(C)C. The van der Waals surface area contributed by atoms with Crippen LogP contribution in [0, 0.1) is 11.1 Å². The van der Waals surface area contributed by atoms with Gasteiger partial charge >= 0.3 is 0 Å². The number of benzene rings is 1. The topological polar surface area (TPSA) is 35.3 Å². The zero-order valence-electron chi connectivity index (χ0n) is 14.2. The van der Waals surface area contributed by atoms with Gasteiger partial charge in [-0.2, -0.15) is 0 Å². The van der Waals surface area contributed by atoms with Crippen LogP contribution >= 0.6 is 0 Å². The van der Waals surface area contributed by atoms with E-state index >= 15 is 0 Å². The number of hydroxylamine groups is 1.